The van der Waals surface area contributed by atoms with Gasteiger partial charge in [0.1, 0.15) is 5.82 Å². The second-order valence-corrected chi connectivity index (χ2v) is 5.28. The Morgan fingerprint density at radius 2 is 1.63 bits per heavy atom. The summed E-state index contributed by atoms with van der Waals surface area (Å²) in [5, 5.41) is 1.17. The van der Waals surface area contributed by atoms with Gasteiger partial charge in [-0.25, -0.2) is 4.39 Å². The summed E-state index contributed by atoms with van der Waals surface area (Å²) < 4.78 is 12.8. The lowest BCUT2D eigenvalue weighted by atomic mass is 10.0. The molecule has 0 spiro atoms. The van der Waals surface area contributed by atoms with Crippen LogP contribution in [0.5, 0.6) is 0 Å². The van der Waals surface area contributed by atoms with Crippen LogP contribution >= 0.6 is 39.1 Å². The molecule has 2 aromatic rings. The van der Waals surface area contributed by atoms with Crippen molar-refractivity contribution in [2.24, 2.45) is 0 Å². The van der Waals surface area contributed by atoms with Crippen LogP contribution in [0, 0.1) is 5.82 Å². The van der Waals surface area contributed by atoms with E-state index in [2.05, 4.69) is 15.9 Å². The Bertz CT molecular complexity index is 603. The van der Waals surface area contributed by atoms with Crippen molar-refractivity contribution in [1.29, 1.82) is 0 Å². The molecule has 0 aliphatic rings. The van der Waals surface area contributed by atoms with E-state index in [0.717, 1.165) is 5.56 Å². The smallest absolute Gasteiger partial charge is 0.196 e. The van der Waals surface area contributed by atoms with Crippen LogP contribution in [0.3, 0.4) is 0 Å². The van der Waals surface area contributed by atoms with Crippen LogP contribution in [0.15, 0.2) is 36.4 Å². The van der Waals surface area contributed by atoms with Gasteiger partial charge < -0.3 is 0 Å². The summed E-state index contributed by atoms with van der Waals surface area (Å²) in [5.41, 5.74) is 1.46. The van der Waals surface area contributed by atoms with Gasteiger partial charge in [0.2, 0.25) is 0 Å². The topological polar surface area (TPSA) is 17.1 Å². The Balaban J connectivity index is 2.47. The molecule has 0 N–H and O–H groups in total. The summed E-state index contributed by atoms with van der Waals surface area (Å²) in [7, 11) is 0. The van der Waals surface area contributed by atoms with Crippen molar-refractivity contribution in [2.45, 2.75) is 5.33 Å². The minimum absolute atomic E-state index is 0.236. The first kappa shape index (κ1) is 14.5. The second-order valence-electron chi connectivity index (χ2n) is 3.90. The first-order chi connectivity index (χ1) is 9.02. The summed E-state index contributed by atoms with van der Waals surface area (Å²) in [6, 6.07) is 8.62. The molecule has 0 aliphatic heterocycles. The molecule has 0 saturated carbocycles. The predicted molar refractivity (Wildman–Crippen MR) is 78.9 cm³/mol. The van der Waals surface area contributed by atoms with E-state index in [1.807, 2.05) is 0 Å². The van der Waals surface area contributed by atoms with E-state index in [4.69, 9.17) is 23.2 Å². The fourth-order valence-electron chi connectivity index (χ4n) is 1.67. The number of alkyl halides is 1. The zero-order chi connectivity index (χ0) is 14.0. The average molecular weight is 362 g/mol. The number of carbonyl (C=O) groups is 1. The van der Waals surface area contributed by atoms with Crippen LogP contribution in [0.2, 0.25) is 10.0 Å². The van der Waals surface area contributed by atoms with Crippen molar-refractivity contribution in [3.63, 3.8) is 0 Å². The largest absolute Gasteiger partial charge is 0.288 e. The molecule has 0 amide bonds. The summed E-state index contributed by atoms with van der Waals surface area (Å²) >= 11 is 15.5. The standard InChI is InChI=1S/C14H8BrCl2FO/c15-7-8-5-11(16)13(12(17)6-8)14(19)9-1-3-10(18)4-2-9/h1-6H,7H2. The Hall–Kier alpha value is -0.900. The highest BCUT2D eigenvalue weighted by molar-refractivity contribution is 9.08. The van der Waals surface area contributed by atoms with Crippen molar-refractivity contribution in [3.8, 4) is 0 Å². The molecule has 0 bridgehead atoms. The van der Waals surface area contributed by atoms with E-state index in [1.165, 1.54) is 24.3 Å². The number of rotatable bonds is 3. The maximum atomic E-state index is 12.8. The molecule has 0 heterocycles. The third-order valence-corrected chi connectivity index (χ3v) is 3.83. The minimum Gasteiger partial charge on any atom is -0.288 e. The highest BCUT2D eigenvalue weighted by Crippen LogP contribution is 2.29. The van der Waals surface area contributed by atoms with Crippen molar-refractivity contribution in [2.75, 3.05) is 0 Å². The maximum Gasteiger partial charge on any atom is 0.196 e. The third-order valence-electron chi connectivity index (χ3n) is 2.59. The molecule has 1 nitrogen and oxygen atoms in total. The minimum atomic E-state index is -0.400. The van der Waals surface area contributed by atoms with Crippen molar-refractivity contribution >= 4 is 44.9 Å². The molecule has 0 unspecified atom stereocenters. The number of ketones is 1. The zero-order valence-corrected chi connectivity index (χ0v) is 12.7. The van der Waals surface area contributed by atoms with E-state index in [1.54, 1.807) is 12.1 Å². The number of hydrogen-bond donors (Lipinski definition) is 0. The van der Waals surface area contributed by atoms with Crippen LogP contribution in [-0.4, -0.2) is 5.78 Å². The van der Waals surface area contributed by atoms with Crippen LogP contribution in [0.25, 0.3) is 0 Å². The molecule has 5 heteroatoms. The Labute approximate surface area is 128 Å². The van der Waals surface area contributed by atoms with Crippen LogP contribution in [-0.2, 0) is 5.33 Å². The summed E-state index contributed by atoms with van der Waals surface area (Å²) in [5.74, 6) is -0.723. The molecule has 0 aliphatic carbocycles. The van der Waals surface area contributed by atoms with E-state index in [9.17, 15) is 9.18 Å². The average Bonchev–Trinajstić information content (AvgIpc) is 2.38. The Kier molecular flexibility index (Phi) is 4.61. The maximum absolute atomic E-state index is 12.8. The van der Waals surface area contributed by atoms with Crippen LogP contribution in [0.4, 0.5) is 4.39 Å². The van der Waals surface area contributed by atoms with E-state index >= 15 is 0 Å². The van der Waals surface area contributed by atoms with Gasteiger partial charge in [0.15, 0.2) is 5.78 Å². The summed E-state index contributed by atoms with van der Waals surface area (Å²) in [6.07, 6.45) is 0. The highest BCUT2D eigenvalue weighted by Gasteiger charge is 2.17. The van der Waals surface area contributed by atoms with E-state index in [-0.39, 0.29) is 21.4 Å². The molecule has 0 fully saturated rings. The summed E-state index contributed by atoms with van der Waals surface area (Å²) in [6.45, 7) is 0. The lowest BCUT2D eigenvalue weighted by molar-refractivity contribution is 0.103. The lowest BCUT2D eigenvalue weighted by Gasteiger charge is -2.08. The first-order valence-electron chi connectivity index (χ1n) is 5.37. The van der Waals surface area contributed by atoms with Gasteiger partial charge in [-0.3, -0.25) is 4.79 Å². The first-order valence-corrected chi connectivity index (χ1v) is 7.25. The molecule has 0 aromatic heterocycles. The monoisotopic (exact) mass is 360 g/mol. The lowest BCUT2D eigenvalue weighted by Crippen LogP contribution is -2.04. The Morgan fingerprint density at radius 3 is 2.11 bits per heavy atom. The predicted octanol–water partition coefficient (Wildman–Crippen LogP) is 5.26. The van der Waals surface area contributed by atoms with Crippen molar-refractivity contribution < 1.29 is 9.18 Å². The highest BCUT2D eigenvalue weighted by atomic mass is 79.9. The summed E-state index contributed by atoms with van der Waals surface area (Å²) in [4.78, 5) is 12.3. The molecule has 98 valence electrons. The van der Waals surface area contributed by atoms with Gasteiger partial charge >= 0.3 is 0 Å². The van der Waals surface area contributed by atoms with Gasteiger partial charge in [-0.15, -0.1) is 0 Å². The van der Waals surface area contributed by atoms with Gasteiger partial charge in [0.05, 0.1) is 15.6 Å². The van der Waals surface area contributed by atoms with Gasteiger partial charge in [-0.2, -0.15) is 0 Å². The number of benzene rings is 2. The van der Waals surface area contributed by atoms with Gasteiger partial charge in [-0.1, -0.05) is 39.1 Å². The SMILES string of the molecule is O=C(c1ccc(F)cc1)c1c(Cl)cc(CBr)cc1Cl. The molecule has 2 aromatic carbocycles. The second kappa shape index (κ2) is 6.04. The molecular weight excluding hydrogens is 354 g/mol. The fraction of sp³-hybridized carbons (Fsp3) is 0.0714. The number of halogens is 4. The number of carbonyl (C=O) groups excluding carboxylic acids is 1. The zero-order valence-electron chi connectivity index (χ0n) is 9.59. The molecule has 2 rings (SSSR count). The molecule has 0 atom stereocenters. The third kappa shape index (κ3) is 3.16. The van der Waals surface area contributed by atoms with E-state index in [0.29, 0.717) is 10.9 Å². The van der Waals surface area contributed by atoms with Crippen molar-refractivity contribution in [1.82, 2.24) is 0 Å². The molecule has 19 heavy (non-hydrogen) atoms. The molecular formula is C14H8BrCl2FO. The van der Waals surface area contributed by atoms with Gasteiger partial charge in [-0.05, 0) is 42.0 Å². The normalized spacial score (nSPS) is 10.5. The van der Waals surface area contributed by atoms with Crippen molar-refractivity contribution in [3.05, 3.63) is 69.0 Å². The van der Waals surface area contributed by atoms with Crippen LogP contribution in [0.1, 0.15) is 21.5 Å². The molecule has 0 saturated heterocycles. The van der Waals surface area contributed by atoms with Gasteiger partial charge in [0.25, 0.3) is 0 Å². The van der Waals surface area contributed by atoms with Crippen LogP contribution < -0.4 is 0 Å². The molecule has 0 radical (unpaired) electrons. The Morgan fingerprint density at radius 1 is 1.11 bits per heavy atom. The van der Waals surface area contributed by atoms with Gasteiger partial charge in [0, 0.05) is 10.9 Å². The van der Waals surface area contributed by atoms with E-state index < -0.39 is 5.82 Å². The quantitative estimate of drug-likeness (QED) is 0.538. The fourth-order valence-corrected chi connectivity index (χ4v) is 2.69. The number of hydrogen-bond acceptors (Lipinski definition) is 1.